The monoisotopic (exact) mass is 699 g/mol. The van der Waals surface area contributed by atoms with Crippen molar-refractivity contribution < 1.29 is 0 Å². The van der Waals surface area contributed by atoms with Gasteiger partial charge >= 0.3 is 0 Å². The zero-order valence-electron chi connectivity index (χ0n) is 30.3. The predicted octanol–water partition coefficient (Wildman–Crippen LogP) is 15.3. The van der Waals surface area contributed by atoms with E-state index in [2.05, 4.69) is 229 Å². The van der Waals surface area contributed by atoms with E-state index in [1.54, 1.807) is 0 Å². The maximum atomic E-state index is 2.41. The molecule has 55 heavy (non-hydrogen) atoms. The lowest BCUT2D eigenvalue weighted by Crippen LogP contribution is -2.11. The molecule has 1 nitrogen and oxygen atoms in total. The summed E-state index contributed by atoms with van der Waals surface area (Å²) in [7, 11) is 0. The maximum absolute atomic E-state index is 2.41. The Labute approximate surface area is 322 Å². The largest absolute Gasteiger partial charge is 0.310 e. The van der Waals surface area contributed by atoms with E-state index in [9.17, 15) is 0 Å². The quantitative estimate of drug-likeness (QED) is 0.150. The third-order valence-corrected chi connectivity index (χ3v) is 10.8. The van der Waals surface area contributed by atoms with Gasteiger partial charge in [0.15, 0.2) is 0 Å². The highest BCUT2D eigenvalue weighted by molar-refractivity contribution is 6.08. The molecule has 10 aromatic carbocycles. The van der Waals surface area contributed by atoms with E-state index in [0.717, 1.165) is 17.1 Å². The fourth-order valence-corrected chi connectivity index (χ4v) is 8.19. The molecule has 0 aromatic heterocycles. The Morgan fingerprint density at radius 3 is 1.60 bits per heavy atom. The molecule has 0 atom stereocenters. The molecule has 0 fully saturated rings. The number of hydrogen-bond donors (Lipinski definition) is 0. The van der Waals surface area contributed by atoms with Crippen LogP contribution in [0.3, 0.4) is 0 Å². The molecule has 0 amide bonds. The number of benzene rings is 10. The number of fused-ring (bicyclic) bond motifs is 4. The van der Waals surface area contributed by atoms with Crippen LogP contribution in [0.4, 0.5) is 17.1 Å². The molecular formula is C54H37N. The minimum Gasteiger partial charge on any atom is -0.310 e. The molecule has 1 heteroatoms. The molecular weight excluding hydrogens is 663 g/mol. The van der Waals surface area contributed by atoms with Gasteiger partial charge in [0.2, 0.25) is 0 Å². The van der Waals surface area contributed by atoms with E-state index in [4.69, 9.17) is 0 Å². The molecule has 0 saturated carbocycles. The summed E-state index contributed by atoms with van der Waals surface area (Å²) in [6, 6.07) is 81.4. The highest BCUT2D eigenvalue weighted by Crippen LogP contribution is 2.44. The van der Waals surface area contributed by atoms with Crippen LogP contribution in [0.1, 0.15) is 0 Å². The van der Waals surface area contributed by atoms with Crippen molar-refractivity contribution in [2.24, 2.45) is 0 Å². The van der Waals surface area contributed by atoms with Crippen LogP contribution in [0.25, 0.3) is 76.8 Å². The van der Waals surface area contributed by atoms with Crippen LogP contribution in [0.2, 0.25) is 0 Å². The zero-order valence-corrected chi connectivity index (χ0v) is 30.3. The van der Waals surface area contributed by atoms with Crippen molar-refractivity contribution in [3.8, 4) is 44.5 Å². The van der Waals surface area contributed by atoms with E-state index in [0.29, 0.717) is 0 Å². The molecule has 0 aliphatic carbocycles. The SMILES string of the molecule is c1ccc(-c2ccccc2N(c2ccc(-c3ccc4ccccc4c3-c3ccccc3)cc2)c2cccc(-c3ccc4c(ccc5ccccc54)c3)c2)cc1. The van der Waals surface area contributed by atoms with Crippen molar-refractivity contribution in [1.29, 1.82) is 0 Å². The van der Waals surface area contributed by atoms with Gasteiger partial charge in [-0.1, -0.05) is 188 Å². The van der Waals surface area contributed by atoms with Crippen LogP contribution in [0.5, 0.6) is 0 Å². The van der Waals surface area contributed by atoms with Gasteiger partial charge in [-0.2, -0.15) is 0 Å². The summed E-state index contributed by atoms with van der Waals surface area (Å²) >= 11 is 0. The summed E-state index contributed by atoms with van der Waals surface area (Å²) in [6.07, 6.45) is 0. The number of rotatable bonds is 7. The summed E-state index contributed by atoms with van der Waals surface area (Å²) in [6.45, 7) is 0. The number of anilines is 3. The van der Waals surface area contributed by atoms with Gasteiger partial charge in [-0.05, 0) is 108 Å². The van der Waals surface area contributed by atoms with Crippen molar-refractivity contribution >= 4 is 49.4 Å². The molecule has 258 valence electrons. The van der Waals surface area contributed by atoms with Gasteiger partial charge in [0, 0.05) is 16.9 Å². The fourth-order valence-electron chi connectivity index (χ4n) is 8.19. The molecule has 0 saturated heterocycles. The van der Waals surface area contributed by atoms with Gasteiger partial charge in [-0.25, -0.2) is 0 Å². The summed E-state index contributed by atoms with van der Waals surface area (Å²) in [5, 5.41) is 7.57. The second kappa shape index (κ2) is 14.0. The van der Waals surface area contributed by atoms with Crippen LogP contribution in [0.15, 0.2) is 224 Å². The molecule has 0 unspecified atom stereocenters. The molecule has 0 aliphatic heterocycles. The molecule has 10 rings (SSSR count). The molecule has 0 bridgehead atoms. The Balaban J connectivity index is 1.11. The summed E-state index contributed by atoms with van der Waals surface area (Å²) in [5.74, 6) is 0. The Morgan fingerprint density at radius 2 is 0.800 bits per heavy atom. The highest BCUT2D eigenvalue weighted by Gasteiger charge is 2.19. The number of hydrogen-bond acceptors (Lipinski definition) is 1. The minimum absolute atomic E-state index is 1.09. The highest BCUT2D eigenvalue weighted by atomic mass is 15.1. The van der Waals surface area contributed by atoms with Gasteiger partial charge in [0.05, 0.1) is 5.69 Å². The zero-order chi connectivity index (χ0) is 36.6. The van der Waals surface area contributed by atoms with Gasteiger partial charge in [0.1, 0.15) is 0 Å². The van der Waals surface area contributed by atoms with Crippen molar-refractivity contribution in [2.45, 2.75) is 0 Å². The van der Waals surface area contributed by atoms with Crippen LogP contribution in [-0.4, -0.2) is 0 Å². The lowest BCUT2D eigenvalue weighted by atomic mass is 9.89. The van der Waals surface area contributed by atoms with Gasteiger partial charge in [-0.3, -0.25) is 0 Å². The standard InChI is InChI=1S/C54H37N/c1-3-14-38(15-4-1)50-23-11-12-25-53(50)55(47-21-13-20-43(37-47)44-31-34-49-45(36-44)27-26-39-16-7-9-22-48(39)49)46-32-28-41(29-33-46)52-35-30-40-17-8-10-24-51(40)54(52)42-18-5-2-6-19-42/h1-37H. The van der Waals surface area contributed by atoms with Gasteiger partial charge in [-0.15, -0.1) is 0 Å². The van der Waals surface area contributed by atoms with E-state index in [1.165, 1.54) is 76.8 Å². The first-order valence-electron chi connectivity index (χ1n) is 18.9. The topological polar surface area (TPSA) is 3.24 Å². The number of para-hydroxylation sites is 1. The average molecular weight is 700 g/mol. The predicted molar refractivity (Wildman–Crippen MR) is 235 cm³/mol. The minimum atomic E-state index is 1.09. The Bertz CT molecular complexity index is 2960. The summed E-state index contributed by atoms with van der Waals surface area (Å²) in [4.78, 5) is 2.41. The molecule has 0 spiro atoms. The van der Waals surface area contributed by atoms with Crippen molar-refractivity contribution in [1.82, 2.24) is 0 Å². The Hall–Kier alpha value is -7.22. The first kappa shape index (κ1) is 32.4. The molecule has 0 heterocycles. The maximum Gasteiger partial charge on any atom is 0.0540 e. The van der Waals surface area contributed by atoms with Crippen molar-refractivity contribution in [3.05, 3.63) is 224 Å². The van der Waals surface area contributed by atoms with Crippen LogP contribution in [0, 0.1) is 0 Å². The van der Waals surface area contributed by atoms with Crippen LogP contribution in [-0.2, 0) is 0 Å². The summed E-state index contributed by atoms with van der Waals surface area (Å²) in [5.41, 5.74) is 12.9. The smallest absolute Gasteiger partial charge is 0.0540 e. The first-order valence-corrected chi connectivity index (χ1v) is 18.9. The van der Waals surface area contributed by atoms with Crippen LogP contribution >= 0.6 is 0 Å². The van der Waals surface area contributed by atoms with E-state index in [1.807, 2.05) is 0 Å². The number of nitrogens with zero attached hydrogens (tertiary/aromatic N) is 1. The third kappa shape index (κ3) is 6.02. The van der Waals surface area contributed by atoms with E-state index in [-0.39, 0.29) is 0 Å². The Morgan fingerprint density at radius 1 is 0.255 bits per heavy atom. The van der Waals surface area contributed by atoms with E-state index >= 15 is 0 Å². The molecule has 0 aliphatic rings. The lowest BCUT2D eigenvalue weighted by Gasteiger charge is -2.28. The lowest BCUT2D eigenvalue weighted by molar-refractivity contribution is 1.28. The van der Waals surface area contributed by atoms with E-state index < -0.39 is 0 Å². The van der Waals surface area contributed by atoms with Gasteiger partial charge < -0.3 is 4.90 Å². The van der Waals surface area contributed by atoms with Crippen LogP contribution < -0.4 is 4.90 Å². The molecule has 10 aromatic rings. The Kier molecular flexibility index (Phi) is 8.24. The fraction of sp³-hybridized carbons (Fsp3) is 0. The van der Waals surface area contributed by atoms with Crippen molar-refractivity contribution in [2.75, 3.05) is 4.90 Å². The van der Waals surface area contributed by atoms with Gasteiger partial charge in [0.25, 0.3) is 0 Å². The third-order valence-electron chi connectivity index (χ3n) is 10.8. The molecule has 0 N–H and O–H groups in total. The van der Waals surface area contributed by atoms with Crippen molar-refractivity contribution in [3.63, 3.8) is 0 Å². The average Bonchev–Trinajstić information content (AvgIpc) is 3.27. The second-order valence-corrected chi connectivity index (χ2v) is 14.1. The second-order valence-electron chi connectivity index (χ2n) is 14.1. The molecule has 0 radical (unpaired) electrons. The summed E-state index contributed by atoms with van der Waals surface area (Å²) < 4.78 is 0. The first-order chi connectivity index (χ1) is 27.3. The normalized spacial score (nSPS) is 11.3.